The molecule has 36 heavy (non-hydrogen) atoms. The average molecular weight is 520 g/mol. The maximum Gasteiger partial charge on any atom is 0.410 e. The van der Waals surface area contributed by atoms with E-state index in [9.17, 15) is 18.9 Å². The Morgan fingerprint density at radius 2 is 2.00 bits per heavy atom. The summed E-state index contributed by atoms with van der Waals surface area (Å²) in [7, 11) is -3.28. The summed E-state index contributed by atoms with van der Waals surface area (Å²) in [6.45, 7) is 7.73. The van der Waals surface area contributed by atoms with Crippen LogP contribution >= 0.6 is 0 Å². The molecule has 1 saturated heterocycles. The van der Waals surface area contributed by atoms with Gasteiger partial charge in [-0.15, -0.1) is 0 Å². The number of anilines is 1. The molecule has 0 radical (unpaired) electrons. The third kappa shape index (κ3) is 4.24. The Hall–Kier alpha value is -3.38. The van der Waals surface area contributed by atoms with Crippen LogP contribution in [0.1, 0.15) is 50.2 Å². The highest BCUT2D eigenvalue weighted by Gasteiger charge is 2.59. The lowest BCUT2D eigenvalue weighted by molar-refractivity contribution is 0.102. The summed E-state index contributed by atoms with van der Waals surface area (Å²) in [6, 6.07) is 7.21. The lowest BCUT2D eigenvalue weighted by Gasteiger charge is -2.51. The first kappa shape index (κ1) is 25.7. The fourth-order valence-electron chi connectivity index (χ4n) is 4.96. The first-order valence-electron chi connectivity index (χ1n) is 11.6. The first-order chi connectivity index (χ1) is 16.9. The number of fused-ring (bicyclic) bond motifs is 1. The molecule has 194 valence electrons. The second-order valence-electron chi connectivity index (χ2n) is 9.43. The van der Waals surface area contributed by atoms with Gasteiger partial charge in [0.05, 0.1) is 22.8 Å². The number of amidine groups is 1. The normalized spacial score (nSPS) is 24.7. The molecular formula is C24H30FN5O5S. The zero-order chi connectivity index (χ0) is 26.3. The number of amides is 2. The summed E-state index contributed by atoms with van der Waals surface area (Å²) in [5, 5.41) is 13.8. The zero-order valence-corrected chi connectivity index (χ0v) is 21.4. The molecule has 0 unspecified atom stereocenters. The van der Waals surface area contributed by atoms with Crippen LogP contribution in [0.25, 0.3) is 0 Å². The van der Waals surface area contributed by atoms with Crippen LogP contribution < -0.4 is 20.1 Å². The smallest absolute Gasteiger partial charge is 0.410 e. The number of aromatic nitrogens is 1. The van der Waals surface area contributed by atoms with Gasteiger partial charge in [0.2, 0.25) is 0 Å². The maximum absolute atomic E-state index is 15.3. The predicted molar refractivity (Wildman–Crippen MR) is 136 cm³/mol. The monoisotopic (exact) mass is 519 g/mol. The Kier molecular flexibility index (Phi) is 6.60. The Morgan fingerprint density at radius 3 is 2.64 bits per heavy atom. The van der Waals surface area contributed by atoms with Crippen LogP contribution in [0.3, 0.4) is 0 Å². The number of aliphatic imine (C=N–C) groups is 1. The van der Waals surface area contributed by atoms with Crippen molar-refractivity contribution in [2.45, 2.75) is 49.7 Å². The number of carbonyl (C=O) groups excluding carboxylic acids is 1. The molecule has 0 saturated carbocycles. The summed E-state index contributed by atoms with van der Waals surface area (Å²) in [5.41, 5.74) is -0.810. The second-order valence-corrected chi connectivity index (χ2v) is 12.8. The van der Waals surface area contributed by atoms with Crippen molar-refractivity contribution in [3.63, 3.8) is 0 Å². The molecule has 1 fully saturated rings. The van der Waals surface area contributed by atoms with Gasteiger partial charge in [-0.2, -0.15) is 0 Å². The third-order valence-electron chi connectivity index (χ3n) is 6.88. The van der Waals surface area contributed by atoms with E-state index in [2.05, 4.69) is 25.3 Å². The van der Waals surface area contributed by atoms with Crippen LogP contribution in [-0.2, 0) is 15.7 Å². The van der Waals surface area contributed by atoms with Crippen molar-refractivity contribution in [2.75, 3.05) is 18.5 Å². The summed E-state index contributed by atoms with van der Waals surface area (Å²) in [6.07, 6.45) is 0.556. The van der Waals surface area contributed by atoms with Crippen LogP contribution in [0.2, 0.25) is 0 Å². The Labute approximate surface area is 209 Å². The topological polar surface area (TPSA) is 142 Å². The standard InChI is InChI=1S/C24H30FN5O5S/c1-5-35-15-7-9-18(26-13-15)20(31)28-14-6-8-17(25)16(12-14)24(4)19-10-11-27-36(19,34)23(2,3)21(30-24)29-22(32)33/h6-9,12-13,19,36H,5,10-11H2,1-4H3,(H,27,34)(H,28,31)(H,29,30)(H,32,33)/t19-,24+/m0/s1. The highest BCUT2D eigenvalue weighted by Crippen LogP contribution is 2.49. The molecule has 2 aliphatic heterocycles. The number of carboxylic acid groups (broad SMARTS) is 1. The van der Waals surface area contributed by atoms with E-state index in [0.29, 0.717) is 31.0 Å². The molecule has 0 aliphatic carbocycles. The molecule has 12 heteroatoms. The molecule has 0 spiro atoms. The van der Waals surface area contributed by atoms with E-state index in [0.717, 1.165) is 0 Å². The number of ether oxygens (including phenoxy) is 1. The van der Waals surface area contributed by atoms with Gasteiger partial charge in [0.1, 0.15) is 28.6 Å². The maximum atomic E-state index is 15.3. The number of hydrogen-bond acceptors (Lipinski definition) is 6. The van der Waals surface area contributed by atoms with Gasteiger partial charge in [0.15, 0.2) is 0 Å². The molecule has 2 aliphatic rings. The molecule has 2 aromatic rings. The molecule has 2 amide bonds. The highest BCUT2D eigenvalue weighted by atomic mass is 32.3. The van der Waals surface area contributed by atoms with Crippen LogP contribution in [0.5, 0.6) is 5.75 Å². The van der Waals surface area contributed by atoms with Crippen molar-refractivity contribution < 1.29 is 28.0 Å². The number of benzene rings is 1. The molecule has 4 rings (SSSR count). The first-order valence-corrected chi connectivity index (χ1v) is 13.4. The molecule has 4 N–H and O–H groups in total. The minimum absolute atomic E-state index is 0.00101. The molecule has 3 heterocycles. The van der Waals surface area contributed by atoms with Gasteiger partial charge in [-0.1, -0.05) is 0 Å². The minimum atomic E-state index is -3.28. The van der Waals surface area contributed by atoms with Gasteiger partial charge < -0.3 is 15.2 Å². The fourth-order valence-corrected chi connectivity index (χ4v) is 8.63. The number of nitrogens with one attached hydrogen (secondary N) is 3. The number of rotatable bonds is 5. The highest BCUT2D eigenvalue weighted by molar-refractivity contribution is 8.04. The summed E-state index contributed by atoms with van der Waals surface area (Å²) in [4.78, 5) is 33.0. The molecule has 2 atom stereocenters. The number of nitrogens with zero attached hydrogens (tertiary/aromatic N) is 2. The predicted octanol–water partition coefficient (Wildman–Crippen LogP) is 2.84. The average Bonchev–Trinajstić information content (AvgIpc) is 3.24. The van der Waals surface area contributed by atoms with Crippen molar-refractivity contribution in [1.82, 2.24) is 15.0 Å². The lowest BCUT2D eigenvalue weighted by atomic mass is 9.85. The summed E-state index contributed by atoms with van der Waals surface area (Å²) in [5.74, 6) is -0.579. The SMILES string of the molecule is CCOc1ccc(C(=O)Nc2ccc(F)c([C@@]3(C)N=C(NC(=O)O)C(C)(C)[SH]4(=O)NCC[C@@H]34)c2)nc1. The van der Waals surface area contributed by atoms with Gasteiger partial charge in [-0.3, -0.25) is 24.0 Å². The molecule has 1 aromatic carbocycles. The Bertz CT molecular complexity index is 1280. The van der Waals surface area contributed by atoms with Crippen molar-refractivity contribution in [1.29, 1.82) is 0 Å². The van der Waals surface area contributed by atoms with E-state index in [-0.39, 0.29) is 17.1 Å². The van der Waals surface area contributed by atoms with Crippen LogP contribution in [0, 0.1) is 5.82 Å². The van der Waals surface area contributed by atoms with Crippen LogP contribution in [0.15, 0.2) is 41.5 Å². The Balaban J connectivity index is 1.73. The second kappa shape index (κ2) is 9.25. The van der Waals surface area contributed by atoms with E-state index in [4.69, 9.17) is 4.74 Å². The van der Waals surface area contributed by atoms with Crippen LogP contribution in [0.4, 0.5) is 14.9 Å². The number of hydrogen-bond donors (Lipinski definition) is 5. The van der Waals surface area contributed by atoms with E-state index in [1.165, 1.54) is 30.5 Å². The number of halogens is 1. The van der Waals surface area contributed by atoms with E-state index in [1.807, 2.05) is 6.92 Å². The van der Waals surface area contributed by atoms with E-state index >= 15 is 4.39 Å². The van der Waals surface area contributed by atoms with Crippen molar-refractivity contribution in [3.8, 4) is 5.75 Å². The molecule has 0 bridgehead atoms. The van der Waals surface area contributed by atoms with Crippen molar-refractivity contribution >= 4 is 33.6 Å². The quantitative estimate of drug-likeness (QED) is 0.385. The fraction of sp³-hybridized carbons (Fsp3) is 0.417. The number of pyridine rings is 1. The molecular weight excluding hydrogens is 489 g/mol. The zero-order valence-electron chi connectivity index (χ0n) is 20.5. The largest absolute Gasteiger partial charge is 0.492 e. The summed E-state index contributed by atoms with van der Waals surface area (Å²) >= 11 is 0. The van der Waals surface area contributed by atoms with E-state index < -0.39 is 43.5 Å². The van der Waals surface area contributed by atoms with Gasteiger partial charge >= 0.3 is 6.09 Å². The van der Waals surface area contributed by atoms with Crippen molar-refractivity contribution in [3.05, 3.63) is 53.6 Å². The van der Waals surface area contributed by atoms with Gasteiger partial charge in [0.25, 0.3) is 5.91 Å². The molecule has 1 aromatic heterocycles. The van der Waals surface area contributed by atoms with Crippen LogP contribution in [-0.4, -0.2) is 55.3 Å². The number of thiol groups is 1. The van der Waals surface area contributed by atoms with Gasteiger partial charge in [0, 0.05) is 17.8 Å². The van der Waals surface area contributed by atoms with Gasteiger partial charge in [-0.25, -0.2) is 14.2 Å². The van der Waals surface area contributed by atoms with Gasteiger partial charge in [-0.05, 0) is 74.6 Å². The Morgan fingerprint density at radius 1 is 1.25 bits per heavy atom. The lowest BCUT2D eigenvalue weighted by Crippen LogP contribution is -2.65. The molecule has 10 nitrogen and oxygen atoms in total. The van der Waals surface area contributed by atoms with E-state index in [1.54, 1.807) is 26.8 Å². The third-order valence-corrected chi connectivity index (χ3v) is 11.1. The summed E-state index contributed by atoms with van der Waals surface area (Å²) < 4.78 is 36.8. The number of carbonyl (C=O) groups is 2. The van der Waals surface area contributed by atoms with Crippen molar-refractivity contribution in [2.24, 2.45) is 4.99 Å². The minimum Gasteiger partial charge on any atom is -0.492 e.